The summed E-state index contributed by atoms with van der Waals surface area (Å²) in [6.45, 7) is -1.34. The van der Waals surface area contributed by atoms with E-state index in [-0.39, 0.29) is 54.7 Å². The molecule has 0 heterocycles. The number of esters is 2. The van der Waals surface area contributed by atoms with Crippen molar-refractivity contribution in [2.24, 2.45) is 5.92 Å². The Hall–Kier alpha value is -0.730. The zero-order valence-electron chi connectivity index (χ0n) is 14.0. The Kier molecular flexibility index (Phi) is 12.2. The van der Waals surface area contributed by atoms with E-state index in [1.165, 1.54) is 12.1 Å². The Labute approximate surface area is 167 Å². The molecule has 0 saturated carbocycles. The summed E-state index contributed by atoms with van der Waals surface area (Å²) in [5.41, 5.74) is 0. The molecule has 2 atom stereocenters. The molecule has 2 unspecified atom stereocenters. The maximum Gasteiger partial charge on any atom is 1.00 e. The second-order valence-electron chi connectivity index (χ2n) is 4.93. The first-order valence-corrected chi connectivity index (χ1v) is 9.11. The molecule has 0 fully saturated rings. The molecular formula is C15H20NaO8P. The Morgan fingerprint density at radius 2 is 1.64 bits per heavy atom. The van der Waals surface area contributed by atoms with Gasteiger partial charge in [-0.15, -0.1) is 0 Å². The summed E-state index contributed by atoms with van der Waals surface area (Å²) in [6, 6.07) is 7.55. The quantitative estimate of drug-likeness (QED) is 0.238. The molecule has 0 amide bonds. The van der Waals surface area contributed by atoms with Crippen molar-refractivity contribution < 1.29 is 68.3 Å². The minimum Gasteiger partial charge on any atom is -0.796 e. The first-order chi connectivity index (χ1) is 11.4. The Morgan fingerprint density at radius 3 is 2.20 bits per heavy atom. The molecule has 0 bridgehead atoms. The predicted octanol–water partition coefficient (Wildman–Crippen LogP) is -3.97. The van der Waals surface area contributed by atoms with Crippen LogP contribution in [0.5, 0.6) is 0 Å². The van der Waals surface area contributed by atoms with E-state index in [0.717, 1.165) is 0 Å². The average molecular weight is 382 g/mol. The van der Waals surface area contributed by atoms with Crippen LogP contribution in [0, 0.1) is 5.92 Å². The van der Waals surface area contributed by atoms with Crippen LogP contribution in [-0.4, -0.2) is 54.7 Å². The number of hydrogen-bond donors (Lipinski definition) is 2. The van der Waals surface area contributed by atoms with Crippen molar-refractivity contribution in [3.05, 3.63) is 30.3 Å². The standard InChI is InChI=1S/C15H21O8P.Na/c16-6-8-22-14(18)10-12(15(19)23-9-7-17)11-24(20,21)13-4-2-1-3-5-13;/h1-5,12,16-17H,6-11H2,(H,20,21);/q;+1/p-1. The molecule has 0 aliphatic carbocycles. The van der Waals surface area contributed by atoms with Gasteiger partial charge in [-0.2, -0.15) is 0 Å². The minimum atomic E-state index is -4.14. The fourth-order valence-corrected chi connectivity index (χ4v) is 3.65. The van der Waals surface area contributed by atoms with Crippen molar-refractivity contribution in [2.45, 2.75) is 6.42 Å². The molecule has 0 radical (unpaired) electrons. The molecule has 1 rings (SSSR count). The molecule has 0 aromatic heterocycles. The Morgan fingerprint density at radius 1 is 1.08 bits per heavy atom. The third-order valence-electron chi connectivity index (χ3n) is 3.05. The summed E-state index contributed by atoms with van der Waals surface area (Å²) in [4.78, 5) is 36.0. The van der Waals surface area contributed by atoms with Gasteiger partial charge in [0.2, 0.25) is 0 Å². The van der Waals surface area contributed by atoms with Crippen LogP contribution in [0.1, 0.15) is 6.42 Å². The number of aliphatic hydroxyl groups excluding tert-OH is 2. The molecule has 0 saturated heterocycles. The summed E-state index contributed by atoms with van der Waals surface area (Å²) in [7, 11) is -4.14. The largest absolute Gasteiger partial charge is 1.00 e. The monoisotopic (exact) mass is 382 g/mol. The summed E-state index contributed by atoms with van der Waals surface area (Å²) in [5, 5.41) is 17.4. The van der Waals surface area contributed by atoms with Gasteiger partial charge in [0.05, 0.1) is 25.6 Å². The summed E-state index contributed by atoms with van der Waals surface area (Å²) in [6.07, 6.45) is -1.10. The van der Waals surface area contributed by atoms with E-state index < -0.39 is 44.4 Å². The van der Waals surface area contributed by atoms with Crippen LogP contribution < -0.4 is 39.8 Å². The SMILES string of the molecule is O=C(CC(CP(=O)([O-])c1ccccc1)C(=O)OCCO)OCCO.[Na+]. The fourth-order valence-electron chi connectivity index (χ4n) is 1.96. The van der Waals surface area contributed by atoms with E-state index in [1.807, 2.05) is 0 Å². The van der Waals surface area contributed by atoms with Gasteiger partial charge < -0.3 is 29.1 Å². The van der Waals surface area contributed by atoms with Crippen LogP contribution >= 0.6 is 7.37 Å². The molecule has 10 heteroatoms. The molecule has 2 N–H and O–H groups in total. The van der Waals surface area contributed by atoms with Gasteiger partial charge in [-0.05, 0) is 5.30 Å². The Bertz CT molecular complexity index is 580. The van der Waals surface area contributed by atoms with Crippen LogP contribution in [0.15, 0.2) is 30.3 Å². The average Bonchev–Trinajstić information content (AvgIpc) is 2.57. The molecule has 1 aromatic carbocycles. The van der Waals surface area contributed by atoms with E-state index in [2.05, 4.69) is 4.74 Å². The van der Waals surface area contributed by atoms with Gasteiger partial charge in [-0.1, -0.05) is 30.3 Å². The van der Waals surface area contributed by atoms with Crippen molar-refractivity contribution in [2.75, 3.05) is 32.6 Å². The molecule has 8 nitrogen and oxygen atoms in total. The van der Waals surface area contributed by atoms with Crippen molar-refractivity contribution in [1.82, 2.24) is 0 Å². The number of rotatable bonds is 10. The van der Waals surface area contributed by atoms with E-state index in [9.17, 15) is 19.0 Å². The van der Waals surface area contributed by atoms with Crippen LogP contribution in [0.2, 0.25) is 0 Å². The van der Waals surface area contributed by atoms with Crippen molar-refractivity contribution in [3.63, 3.8) is 0 Å². The maximum absolute atomic E-state index is 12.4. The van der Waals surface area contributed by atoms with E-state index >= 15 is 0 Å². The zero-order chi connectivity index (χ0) is 18.0. The van der Waals surface area contributed by atoms with Gasteiger partial charge in [-0.3, -0.25) is 9.59 Å². The number of benzene rings is 1. The van der Waals surface area contributed by atoms with E-state index in [0.29, 0.717) is 0 Å². The van der Waals surface area contributed by atoms with Gasteiger partial charge in [-0.25, -0.2) is 0 Å². The van der Waals surface area contributed by atoms with Crippen LogP contribution in [0.25, 0.3) is 0 Å². The van der Waals surface area contributed by atoms with Crippen LogP contribution in [0.4, 0.5) is 0 Å². The molecule has 1 aromatic rings. The first kappa shape index (κ1) is 24.3. The van der Waals surface area contributed by atoms with Gasteiger partial charge >= 0.3 is 41.5 Å². The maximum atomic E-state index is 12.4. The van der Waals surface area contributed by atoms with Gasteiger partial charge in [0.1, 0.15) is 13.2 Å². The number of aliphatic hydroxyl groups is 2. The van der Waals surface area contributed by atoms with E-state index in [4.69, 9.17) is 14.9 Å². The zero-order valence-corrected chi connectivity index (χ0v) is 16.9. The summed E-state index contributed by atoms with van der Waals surface area (Å²) in [5.74, 6) is -2.98. The van der Waals surface area contributed by atoms with E-state index in [1.54, 1.807) is 18.2 Å². The Balaban J connectivity index is 0.00000576. The molecule has 25 heavy (non-hydrogen) atoms. The third-order valence-corrected chi connectivity index (χ3v) is 5.05. The second kappa shape index (κ2) is 12.6. The number of carbonyl (C=O) groups excluding carboxylic acids is 2. The van der Waals surface area contributed by atoms with Gasteiger partial charge in [0.25, 0.3) is 0 Å². The molecule has 0 aliphatic rings. The predicted molar refractivity (Wildman–Crippen MR) is 82.7 cm³/mol. The first-order valence-electron chi connectivity index (χ1n) is 7.30. The smallest absolute Gasteiger partial charge is 0.796 e. The third kappa shape index (κ3) is 8.96. The fraction of sp³-hybridized carbons (Fsp3) is 0.467. The van der Waals surface area contributed by atoms with Crippen molar-refractivity contribution in [3.8, 4) is 0 Å². The van der Waals surface area contributed by atoms with Crippen molar-refractivity contribution >= 4 is 24.6 Å². The summed E-state index contributed by atoms with van der Waals surface area (Å²) < 4.78 is 21.8. The number of carbonyl (C=O) groups is 2. The van der Waals surface area contributed by atoms with Gasteiger partial charge in [0, 0.05) is 13.5 Å². The second-order valence-corrected chi connectivity index (χ2v) is 7.16. The van der Waals surface area contributed by atoms with Crippen LogP contribution in [0.3, 0.4) is 0 Å². The topological polar surface area (TPSA) is 133 Å². The molecule has 134 valence electrons. The normalized spacial score (nSPS) is 13.9. The van der Waals surface area contributed by atoms with Crippen LogP contribution in [-0.2, 0) is 23.6 Å². The van der Waals surface area contributed by atoms with Gasteiger partial charge in [0.15, 0.2) is 0 Å². The molecule has 0 spiro atoms. The van der Waals surface area contributed by atoms with Crippen molar-refractivity contribution in [1.29, 1.82) is 0 Å². The minimum absolute atomic E-state index is 0. The number of hydrogen-bond acceptors (Lipinski definition) is 8. The number of ether oxygens (including phenoxy) is 2. The summed E-state index contributed by atoms with van der Waals surface area (Å²) >= 11 is 0. The molecular weight excluding hydrogens is 362 g/mol. The molecule has 0 aliphatic heterocycles.